The van der Waals surface area contributed by atoms with Crippen molar-refractivity contribution in [2.45, 2.75) is 6.92 Å². The minimum absolute atomic E-state index is 0.0540. The molecule has 0 unspecified atom stereocenters. The molecular weight excluding hydrogens is 266 g/mol. The summed E-state index contributed by atoms with van der Waals surface area (Å²) in [5.74, 6) is 0.332. The maximum absolute atomic E-state index is 12.1. The van der Waals surface area contributed by atoms with Crippen LogP contribution in [0.25, 0.3) is 0 Å². The van der Waals surface area contributed by atoms with E-state index in [1.54, 1.807) is 6.08 Å². The second-order valence-electron chi connectivity index (χ2n) is 3.77. The molecule has 0 saturated carbocycles. The molecule has 7 heteroatoms. The SMILES string of the molecule is C=CCN=C(SCC)c1c(O)n(C)c(=O)n(C)c1=O. The molecule has 1 aromatic rings. The second-order valence-corrected chi connectivity index (χ2v) is 5.02. The molecule has 0 spiro atoms. The third-order valence-electron chi connectivity index (χ3n) is 2.49. The normalized spacial score (nSPS) is 11.6. The monoisotopic (exact) mass is 283 g/mol. The van der Waals surface area contributed by atoms with Gasteiger partial charge in [-0.1, -0.05) is 13.0 Å². The van der Waals surface area contributed by atoms with Crippen LogP contribution in [0.1, 0.15) is 12.5 Å². The Morgan fingerprint density at radius 2 is 2.05 bits per heavy atom. The fourth-order valence-corrected chi connectivity index (χ4v) is 2.26. The van der Waals surface area contributed by atoms with E-state index in [2.05, 4.69) is 11.6 Å². The van der Waals surface area contributed by atoms with Gasteiger partial charge in [-0.3, -0.25) is 18.9 Å². The van der Waals surface area contributed by atoms with Gasteiger partial charge < -0.3 is 5.11 Å². The van der Waals surface area contributed by atoms with E-state index in [4.69, 9.17) is 0 Å². The van der Waals surface area contributed by atoms with Crippen LogP contribution in [0.3, 0.4) is 0 Å². The molecule has 1 rings (SSSR count). The van der Waals surface area contributed by atoms with Gasteiger partial charge in [0, 0.05) is 14.1 Å². The lowest BCUT2D eigenvalue weighted by molar-refractivity contribution is 0.410. The topological polar surface area (TPSA) is 76.6 Å². The molecule has 1 N–H and O–H groups in total. The Kier molecular flexibility index (Phi) is 5.17. The van der Waals surface area contributed by atoms with Gasteiger partial charge in [-0.05, 0) is 5.75 Å². The first-order valence-corrected chi connectivity index (χ1v) is 6.71. The van der Waals surface area contributed by atoms with E-state index in [9.17, 15) is 14.7 Å². The molecule has 19 heavy (non-hydrogen) atoms. The van der Waals surface area contributed by atoms with Crippen molar-refractivity contribution >= 4 is 16.8 Å². The van der Waals surface area contributed by atoms with Crippen LogP contribution in [0.5, 0.6) is 5.88 Å². The molecule has 1 heterocycles. The quantitative estimate of drug-likeness (QED) is 0.495. The highest BCUT2D eigenvalue weighted by molar-refractivity contribution is 8.14. The number of aromatic hydroxyl groups is 1. The molecule has 0 radical (unpaired) electrons. The first kappa shape index (κ1) is 15.3. The lowest BCUT2D eigenvalue weighted by Gasteiger charge is -2.11. The number of aromatic nitrogens is 2. The standard InChI is InChI=1S/C12H17N3O3S/c1-5-7-13-9(19-6-2)8-10(16)14(3)12(18)15(4)11(8)17/h5,16H,1,6-7H2,2-4H3. The van der Waals surface area contributed by atoms with E-state index in [1.165, 1.54) is 25.9 Å². The molecule has 6 nitrogen and oxygen atoms in total. The molecule has 0 saturated heterocycles. The van der Waals surface area contributed by atoms with Gasteiger partial charge in [-0.25, -0.2) is 4.79 Å². The Bertz CT molecular complexity index is 628. The fourth-order valence-electron chi connectivity index (χ4n) is 1.50. The summed E-state index contributed by atoms with van der Waals surface area (Å²) in [6, 6.07) is 0. The van der Waals surface area contributed by atoms with Crippen LogP contribution in [-0.2, 0) is 14.1 Å². The first-order chi connectivity index (χ1) is 8.95. The maximum atomic E-state index is 12.1. The first-order valence-electron chi connectivity index (χ1n) is 5.73. The predicted octanol–water partition coefficient (Wildman–Crippen LogP) is 0.475. The van der Waals surface area contributed by atoms with E-state index in [-0.39, 0.29) is 11.4 Å². The zero-order valence-corrected chi connectivity index (χ0v) is 12.0. The predicted molar refractivity (Wildman–Crippen MR) is 78.3 cm³/mol. The highest BCUT2D eigenvalue weighted by Crippen LogP contribution is 2.18. The minimum Gasteiger partial charge on any atom is -0.494 e. The van der Waals surface area contributed by atoms with Crippen LogP contribution in [0.2, 0.25) is 0 Å². The van der Waals surface area contributed by atoms with Crippen LogP contribution in [0.4, 0.5) is 0 Å². The van der Waals surface area contributed by atoms with E-state index < -0.39 is 11.2 Å². The van der Waals surface area contributed by atoms with Crippen LogP contribution >= 0.6 is 11.8 Å². The van der Waals surface area contributed by atoms with Crippen LogP contribution in [0.15, 0.2) is 27.2 Å². The maximum Gasteiger partial charge on any atom is 0.333 e. The summed E-state index contributed by atoms with van der Waals surface area (Å²) in [5.41, 5.74) is -1.07. The van der Waals surface area contributed by atoms with E-state index in [0.29, 0.717) is 17.3 Å². The Morgan fingerprint density at radius 3 is 2.58 bits per heavy atom. The fraction of sp³-hybridized carbons (Fsp3) is 0.417. The van der Waals surface area contributed by atoms with Crippen molar-refractivity contribution in [2.75, 3.05) is 12.3 Å². The lowest BCUT2D eigenvalue weighted by Crippen LogP contribution is -2.39. The number of nitrogens with zero attached hydrogens (tertiary/aromatic N) is 3. The molecule has 0 fully saturated rings. The summed E-state index contributed by atoms with van der Waals surface area (Å²) in [4.78, 5) is 28.0. The molecule has 0 amide bonds. The molecule has 0 aromatic carbocycles. The molecule has 0 bridgehead atoms. The van der Waals surface area contributed by atoms with Gasteiger partial charge >= 0.3 is 5.69 Å². The van der Waals surface area contributed by atoms with E-state index in [1.807, 2.05) is 6.92 Å². The summed E-state index contributed by atoms with van der Waals surface area (Å²) in [7, 11) is 2.78. The molecule has 104 valence electrons. The minimum atomic E-state index is -0.573. The van der Waals surface area contributed by atoms with Crippen molar-refractivity contribution in [3.8, 4) is 5.88 Å². The highest BCUT2D eigenvalue weighted by Gasteiger charge is 2.19. The van der Waals surface area contributed by atoms with Crippen LogP contribution < -0.4 is 11.2 Å². The van der Waals surface area contributed by atoms with Crippen molar-refractivity contribution in [1.29, 1.82) is 0 Å². The Hall–Kier alpha value is -1.76. The number of thioether (sulfide) groups is 1. The number of rotatable bonds is 4. The van der Waals surface area contributed by atoms with Gasteiger partial charge in [0.1, 0.15) is 10.6 Å². The second kappa shape index (κ2) is 6.42. The van der Waals surface area contributed by atoms with Gasteiger partial charge in [0.2, 0.25) is 5.88 Å². The van der Waals surface area contributed by atoms with E-state index >= 15 is 0 Å². The van der Waals surface area contributed by atoms with Crippen molar-refractivity contribution in [3.63, 3.8) is 0 Å². The zero-order chi connectivity index (χ0) is 14.6. The Morgan fingerprint density at radius 1 is 1.42 bits per heavy atom. The van der Waals surface area contributed by atoms with Crippen LogP contribution in [0, 0.1) is 0 Å². The summed E-state index contributed by atoms with van der Waals surface area (Å²) >= 11 is 1.33. The van der Waals surface area contributed by atoms with Crippen LogP contribution in [-0.4, -0.2) is 31.6 Å². The average Bonchev–Trinajstić information content (AvgIpc) is 2.40. The van der Waals surface area contributed by atoms with Gasteiger partial charge in [0.05, 0.1) is 6.54 Å². The molecule has 0 aliphatic rings. The average molecular weight is 283 g/mol. The molecule has 0 atom stereocenters. The number of hydrogen-bond donors (Lipinski definition) is 1. The van der Waals surface area contributed by atoms with Gasteiger partial charge in [-0.15, -0.1) is 18.3 Å². The third-order valence-corrected chi connectivity index (χ3v) is 3.39. The van der Waals surface area contributed by atoms with Crippen molar-refractivity contribution in [3.05, 3.63) is 39.1 Å². The van der Waals surface area contributed by atoms with Gasteiger partial charge in [0.25, 0.3) is 5.56 Å². The van der Waals surface area contributed by atoms with Crippen molar-refractivity contribution in [2.24, 2.45) is 19.1 Å². The van der Waals surface area contributed by atoms with Crippen molar-refractivity contribution in [1.82, 2.24) is 9.13 Å². The summed E-state index contributed by atoms with van der Waals surface area (Å²) in [5, 5.41) is 10.4. The molecule has 0 aliphatic carbocycles. The summed E-state index contributed by atoms with van der Waals surface area (Å²) in [6.45, 7) is 5.82. The zero-order valence-electron chi connectivity index (χ0n) is 11.2. The van der Waals surface area contributed by atoms with Gasteiger partial charge in [0.15, 0.2) is 0 Å². The molecular formula is C12H17N3O3S. The van der Waals surface area contributed by atoms with Crippen molar-refractivity contribution < 1.29 is 5.11 Å². The summed E-state index contributed by atoms with van der Waals surface area (Å²) < 4.78 is 1.98. The van der Waals surface area contributed by atoms with Gasteiger partial charge in [-0.2, -0.15) is 0 Å². The summed E-state index contributed by atoms with van der Waals surface area (Å²) in [6.07, 6.45) is 1.60. The number of hydrogen-bond acceptors (Lipinski definition) is 5. The Balaban J connectivity index is 3.60. The third kappa shape index (κ3) is 2.98. The highest BCUT2D eigenvalue weighted by atomic mass is 32.2. The van der Waals surface area contributed by atoms with E-state index in [0.717, 1.165) is 9.13 Å². The lowest BCUT2D eigenvalue weighted by atomic mass is 10.3. The molecule has 0 aliphatic heterocycles. The molecule has 1 aromatic heterocycles. The smallest absolute Gasteiger partial charge is 0.333 e. The number of aliphatic imine (C=N–C) groups is 1. The largest absolute Gasteiger partial charge is 0.494 e. The Labute approximate surface area is 115 Å².